The zero-order valence-electron chi connectivity index (χ0n) is 11.0. The van der Waals surface area contributed by atoms with Gasteiger partial charge in [-0.05, 0) is 17.7 Å². The SMILES string of the molecule is COc1c(O)ccc(/C=C/c2ccccc2)c1OC. The first-order valence-electron chi connectivity index (χ1n) is 5.93. The fraction of sp³-hybridized carbons (Fsp3) is 0.125. The van der Waals surface area contributed by atoms with Crippen LogP contribution in [0.2, 0.25) is 0 Å². The number of ether oxygens (including phenoxy) is 2. The molecule has 0 saturated carbocycles. The number of benzene rings is 2. The van der Waals surface area contributed by atoms with Gasteiger partial charge in [0, 0.05) is 5.56 Å². The Kier molecular flexibility index (Phi) is 4.08. The summed E-state index contributed by atoms with van der Waals surface area (Å²) in [5.74, 6) is 0.934. The van der Waals surface area contributed by atoms with E-state index >= 15 is 0 Å². The van der Waals surface area contributed by atoms with E-state index in [-0.39, 0.29) is 5.75 Å². The Balaban J connectivity index is 2.38. The number of phenols is 1. The van der Waals surface area contributed by atoms with E-state index in [1.807, 2.05) is 42.5 Å². The van der Waals surface area contributed by atoms with Crippen molar-refractivity contribution in [3.63, 3.8) is 0 Å². The summed E-state index contributed by atoms with van der Waals surface area (Å²) in [7, 11) is 3.05. The van der Waals surface area contributed by atoms with Crippen molar-refractivity contribution >= 4 is 12.2 Å². The summed E-state index contributed by atoms with van der Waals surface area (Å²) in [4.78, 5) is 0. The third-order valence-electron chi connectivity index (χ3n) is 2.78. The molecule has 0 aliphatic heterocycles. The van der Waals surface area contributed by atoms with Gasteiger partial charge in [0.05, 0.1) is 14.2 Å². The summed E-state index contributed by atoms with van der Waals surface area (Å²) in [6, 6.07) is 13.3. The molecule has 3 nitrogen and oxygen atoms in total. The van der Waals surface area contributed by atoms with Crippen LogP contribution in [0.25, 0.3) is 12.2 Å². The molecule has 0 atom stereocenters. The van der Waals surface area contributed by atoms with Gasteiger partial charge in [-0.3, -0.25) is 0 Å². The Morgan fingerprint density at radius 1 is 0.842 bits per heavy atom. The van der Waals surface area contributed by atoms with E-state index in [0.29, 0.717) is 11.5 Å². The number of hydrogen-bond acceptors (Lipinski definition) is 3. The molecule has 98 valence electrons. The van der Waals surface area contributed by atoms with Crippen LogP contribution in [0.3, 0.4) is 0 Å². The number of rotatable bonds is 4. The lowest BCUT2D eigenvalue weighted by Crippen LogP contribution is -1.93. The van der Waals surface area contributed by atoms with Crippen molar-refractivity contribution in [1.82, 2.24) is 0 Å². The van der Waals surface area contributed by atoms with Crippen molar-refractivity contribution in [1.29, 1.82) is 0 Å². The van der Waals surface area contributed by atoms with Crippen LogP contribution in [0.15, 0.2) is 42.5 Å². The van der Waals surface area contributed by atoms with Gasteiger partial charge in [-0.1, -0.05) is 42.5 Å². The summed E-state index contributed by atoms with van der Waals surface area (Å²) in [6.07, 6.45) is 3.91. The highest BCUT2D eigenvalue weighted by Gasteiger charge is 2.12. The van der Waals surface area contributed by atoms with Gasteiger partial charge in [-0.15, -0.1) is 0 Å². The van der Waals surface area contributed by atoms with Crippen LogP contribution in [-0.2, 0) is 0 Å². The van der Waals surface area contributed by atoms with Gasteiger partial charge in [0.25, 0.3) is 0 Å². The molecule has 0 spiro atoms. The van der Waals surface area contributed by atoms with Gasteiger partial charge in [-0.25, -0.2) is 0 Å². The molecule has 0 aliphatic rings. The van der Waals surface area contributed by atoms with Gasteiger partial charge >= 0.3 is 0 Å². The zero-order valence-corrected chi connectivity index (χ0v) is 11.0. The van der Waals surface area contributed by atoms with Crippen molar-refractivity contribution in [2.45, 2.75) is 0 Å². The van der Waals surface area contributed by atoms with Crippen LogP contribution >= 0.6 is 0 Å². The predicted molar refractivity (Wildman–Crippen MR) is 76.6 cm³/mol. The van der Waals surface area contributed by atoms with Gasteiger partial charge < -0.3 is 14.6 Å². The molecule has 0 aromatic heterocycles. The summed E-state index contributed by atoms with van der Waals surface area (Å²) in [6.45, 7) is 0. The van der Waals surface area contributed by atoms with Crippen molar-refractivity contribution in [3.05, 3.63) is 53.6 Å². The quantitative estimate of drug-likeness (QED) is 0.850. The Bertz CT molecular complexity index is 574. The lowest BCUT2D eigenvalue weighted by molar-refractivity contribution is 0.332. The maximum atomic E-state index is 9.70. The predicted octanol–water partition coefficient (Wildman–Crippen LogP) is 3.58. The maximum Gasteiger partial charge on any atom is 0.203 e. The largest absolute Gasteiger partial charge is 0.504 e. The topological polar surface area (TPSA) is 38.7 Å². The number of methoxy groups -OCH3 is 2. The minimum absolute atomic E-state index is 0.0659. The van der Waals surface area contributed by atoms with Gasteiger partial charge in [0.1, 0.15) is 0 Å². The lowest BCUT2D eigenvalue weighted by Gasteiger charge is -2.11. The van der Waals surface area contributed by atoms with Crippen molar-refractivity contribution in [2.75, 3.05) is 14.2 Å². The van der Waals surface area contributed by atoms with Crippen molar-refractivity contribution in [3.8, 4) is 17.2 Å². The van der Waals surface area contributed by atoms with E-state index in [1.165, 1.54) is 7.11 Å². The standard InChI is InChI=1S/C16H16O3/c1-18-15-13(10-11-14(17)16(15)19-2)9-8-12-6-4-3-5-7-12/h3-11,17H,1-2H3/b9-8+. The molecule has 2 aromatic carbocycles. The first-order chi connectivity index (χ1) is 9.26. The Morgan fingerprint density at radius 3 is 2.16 bits per heavy atom. The third-order valence-corrected chi connectivity index (χ3v) is 2.78. The minimum atomic E-state index is 0.0659. The molecule has 2 aromatic rings. The Morgan fingerprint density at radius 2 is 1.53 bits per heavy atom. The highest BCUT2D eigenvalue weighted by atomic mass is 16.5. The molecular formula is C16H16O3. The summed E-state index contributed by atoms with van der Waals surface area (Å²) in [5, 5.41) is 9.70. The van der Waals surface area contributed by atoms with E-state index in [0.717, 1.165) is 11.1 Å². The summed E-state index contributed by atoms with van der Waals surface area (Å²) >= 11 is 0. The molecule has 0 heterocycles. The fourth-order valence-electron chi connectivity index (χ4n) is 1.86. The van der Waals surface area contributed by atoms with E-state index in [4.69, 9.17) is 9.47 Å². The fourth-order valence-corrected chi connectivity index (χ4v) is 1.86. The smallest absolute Gasteiger partial charge is 0.203 e. The van der Waals surface area contributed by atoms with E-state index in [1.54, 1.807) is 19.2 Å². The molecule has 19 heavy (non-hydrogen) atoms. The van der Waals surface area contributed by atoms with E-state index in [9.17, 15) is 5.11 Å². The molecule has 1 N–H and O–H groups in total. The van der Waals surface area contributed by atoms with Crippen LogP contribution in [0.5, 0.6) is 17.2 Å². The van der Waals surface area contributed by atoms with Crippen molar-refractivity contribution in [2.24, 2.45) is 0 Å². The molecule has 0 amide bonds. The van der Waals surface area contributed by atoms with E-state index < -0.39 is 0 Å². The number of aromatic hydroxyl groups is 1. The van der Waals surface area contributed by atoms with Crippen molar-refractivity contribution < 1.29 is 14.6 Å². The second-order valence-electron chi connectivity index (χ2n) is 3.98. The Labute approximate surface area is 112 Å². The molecule has 0 bridgehead atoms. The molecular weight excluding hydrogens is 240 g/mol. The maximum absolute atomic E-state index is 9.70. The lowest BCUT2D eigenvalue weighted by atomic mass is 10.1. The molecule has 0 fully saturated rings. The van der Waals surface area contributed by atoms with Crippen LogP contribution in [-0.4, -0.2) is 19.3 Å². The monoisotopic (exact) mass is 256 g/mol. The zero-order chi connectivity index (χ0) is 13.7. The van der Waals surface area contributed by atoms with Gasteiger partial charge in [0.15, 0.2) is 11.5 Å². The van der Waals surface area contributed by atoms with Crippen LogP contribution < -0.4 is 9.47 Å². The molecule has 2 rings (SSSR count). The Hall–Kier alpha value is -2.42. The molecule has 0 unspecified atom stereocenters. The van der Waals surface area contributed by atoms with Gasteiger partial charge in [0.2, 0.25) is 5.75 Å². The second-order valence-corrected chi connectivity index (χ2v) is 3.98. The van der Waals surface area contributed by atoms with Crippen LogP contribution in [0.1, 0.15) is 11.1 Å². The normalized spacial score (nSPS) is 10.6. The molecule has 3 heteroatoms. The highest BCUT2D eigenvalue weighted by Crippen LogP contribution is 2.39. The first kappa shape index (κ1) is 13.0. The highest BCUT2D eigenvalue weighted by molar-refractivity contribution is 5.75. The summed E-state index contributed by atoms with van der Waals surface area (Å²) < 4.78 is 10.5. The number of phenolic OH excluding ortho intramolecular Hbond substituents is 1. The van der Waals surface area contributed by atoms with E-state index in [2.05, 4.69) is 0 Å². The van der Waals surface area contributed by atoms with Gasteiger partial charge in [-0.2, -0.15) is 0 Å². The molecule has 0 aliphatic carbocycles. The minimum Gasteiger partial charge on any atom is -0.504 e. The van der Waals surface area contributed by atoms with Crippen LogP contribution in [0.4, 0.5) is 0 Å². The summed E-state index contributed by atoms with van der Waals surface area (Å²) in [5.41, 5.74) is 1.94. The second kappa shape index (κ2) is 5.96. The average Bonchev–Trinajstić information content (AvgIpc) is 2.46. The van der Waals surface area contributed by atoms with Crippen LogP contribution in [0, 0.1) is 0 Å². The third kappa shape index (κ3) is 2.88. The first-order valence-corrected chi connectivity index (χ1v) is 5.93. The number of hydrogen-bond donors (Lipinski definition) is 1. The molecule has 0 radical (unpaired) electrons. The molecule has 0 saturated heterocycles. The average molecular weight is 256 g/mol.